The van der Waals surface area contributed by atoms with Crippen molar-refractivity contribution < 1.29 is 9.66 Å². The van der Waals surface area contributed by atoms with E-state index in [9.17, 15) is 10.1 Å². The maximum atomic E-state index is 10.9. The molecule has 0 spiro atoms. The lowest BCUT2D eigenvalue weighted by Crippen LogP contribution is -2.20. The van der Waals surface area contributed by atoms with E-state index in [4.69, 9.17) is 16.3 Å². The van der Waals surface area contributed by atoms with E-state index in [0.717, 1.165) is 12.5 Å². The summed E-state index contributed by atoms with van der Waals surface area (Å²) in [5, 5.41) is 14.4. The number of nitrogens with zero attached hydrogens (tertiary/aromatic N) is 1. The van der Waals surface area contributed by atoms with Crippen molar-refractivity contribution >= 4 is 17.3 Å². The van der Waals surface area contributed by atoms with Crippen LogP contribution in [0.5, 0.6) is 0 Å². The summed E-state index contributed by atoms with van der Waals surface area (Å²) in [6.07, 6.45) is 2.55. The normalized spacial score (nSPS) is 14.6. The molecule has 0 saturated heterocycles. The average Bonchev–Trinajstić information content (AvgIpc) is 3.18. The molecule has 0 aliphatic heterocycles. The molecule has 1 N–H and O–H groups in total. The van der Waals surface area contributed by atoms with Crippen molar-refractivity contribution in [3.05, 3.63) is 38.9 Å². The topological polar surface area (TPSA) is 64.4 Å². The van der Waals surface area contributed by atoms with Gasteiger partial charge in [0.2, 0.25) is 0 Å². The lowest BCUT2D eigenvalue weighted by molar-refractivity contribution is -0.385. The van der Waals surface area contributed by atoms with Gasteiger partial charge in [-0.05, 0) is 24.8 Å². The van der Waals surface area contributed by atoms with E-state index < -0.39 is 4.92 Å². The quantitative estimate of drug-likeness (QED) is 0.453. The number of rotatable bonds is 8. The summed E-state index contributed by atoms with van der Waals surface area (Å²) < 4.78 is 5.47. The first-order valence-corrected chi connectivity index (χ1v) is 6.76. The molecular formula is C13H17ClN2O3. The Kier molecular flexibility index (Phi) is 5.13. The Balaban J connectivity index is 1.76. The van der Waals surface area contributed by atoms with E-state index >= 15 is 0 Å². The molecule has 1 fully saturated rings. The van der Waals surface area contributed by atoms with Crippen LogP contribution < -0.4 is 5.32 Å². The van der Waals surface area contributed by atoms with Gasteiger partial charge in [0.25, 0.3) is 5.69 Å². The van der Waals surface area contributed by atoms with E-state index in [2.05, 4.69) is 5.32 Å². The summed E-state index contributed by atoms with van der Waals surface area (Å²) in [7, 11) is 0. The molecule has 2 rings (SSSR count). The van der Waals surface area contributed by atoms with Gasteiger partial charge in [-0.2, -0.15) is 0 Å². The summed E-state index contributed by atoms with van der Waals surface area (Å²) in [5.41, 5.74) is 0.579. The monoisotopic (exact) mass is 284 g/mol. The molecule has 0 radical (unpaired) electrons. The Hall–Kier alpha value is -1.17. The first-order valence-electron chi connectivity index (χ1n) is 6.38. The predicted molar refractivity (Wildman–Crippen MR) is 73.4 cm³/mol. The molecule has 1 aliphatic rings. The maximum absolute atomic E-state index is 10.9. The summed E-state index contributed by atoms with van der Waals surface area (Å²) in [6.45, 7) is 2.49. The van der Waals surface area contributed by atoms with Crippen molar-refractivity contribution in [1.82, 2.24) is 5.32 Å². The van der Waals surface area contributed by atoms with Gasteiger partial charge in [-0.3, -0.25) is 10.1 Å². The molecule has 0 heterocycles. The van der Waals surface area contributed by atoms with Crippen molar-refractivity contribution in [2.24, 2.45) is 5.92 Å². The molecule has 0 amide bonds. The van der Waals surface area contributed by atoms with E-state index in [1.165, 1.54) is 18.9 Å². The van der Waals surface area contributed by atoms with Crippen LogP contribution in [0.4, 0.5) is 5.69 Å². The smallest absolute Gasteiger partial charge is 0.275 e. The zero-order valence-corrected chi connectivity index (χ0v) is 11.4. The SMILES string of the molecule is O=[N+]([O-])c1cccc(Cl)c1CNCCOCC1CC1. The van der Waals surface area contributed by atoms with E-state index in [-0.39, 0.29) is 5.69 Å². The fourth-order valence-electron chi connectivity index (χ4n) is 1.79. The van der Waals surface area contributed by atoms with Gasteiger partial charge in [0.1, 0.15) is 0 Å². The van der Waals surface area contributed by atoms with Crippen LogP contribution in [0.25, 0.3) is 0 Å². The Morgan fingerprint density at radius 2 is 2.26 bits per heavy atom. The van der Waals surface area contributed by atoms with Gasteiger partial charge < -0.3 is 10.1 Å². The molecule has 0 atom stereocenters. The highest BCUT2D eigenvalue weighted by Crippen LogP contribution is 2.28. The van der Waals surface area contributed by atoms with Crippen LogP contribution in [-0.4, -0.2) is 24.7 Å². The molecule has 19 heavy (non-hydrogen) atoms. The first-order chi connectivity index (χ1) is 9.18. The zero-order valence-electron chi connectivity index (χ0n) is 10.6. The predicted octanol–water partition coefficient (Wildman–Crippen LogP) is 2.76. The van der Waals surface area contributed by atoms with Crippen LogP contribution in [-0.2, 0) is 11.3 Å². The molecule has 1 aromatic carbocycles. The number of hydrogen-bond donors (Lipinski definition) is 1. The number of halogens is 1. The summed E-state index contributed by atoms with van der Waals surface area (Å²) in [5.74, 6) is 0.754. The summed E-state index contributed by atoms with van der Waals surface area (Å²) in [6, 6.07) is 4.71. The zero-order chi connectivity index (χ0) is 13.7. The molecule has 6 heteroatoms. The minimum atomic E-state index is -0.410. The van der Waals surface area contributed by atoms with Crippen molar-refractivity contribution in [3.63, 3.8) is 0 Å². The van der Waals surface area contributed by atoms with Crippen molar-refractivity contribution in [3.8, 4) is 0 Å². The Morgan fingerprint density at radius 1 is 1.47 bits per heavy atom. The molecule has 5 nitrogen and oxygen atoms in total. The second-order valence-electron chi connectivity index (χ2n) is 4.69. The second-order valence-corrected chi connectivity index (χ2v) is 5.10. The lowest BCUT2D eigenvalue weighted by Gasteiger charge is -2.08. The minimum Gasteiger partial charge on any atom is -0.380 e. The van der Waals surface area contributed by atoms with Crippen LogP contribution in [0.15, 0.2) is 18.2 Å². The fourth-order valence-corrected chi connectivity index (χ4v) is 2.02. The van der Waals surface area contributed by atoms with Gasteiger partial charge in [0, 0.05) is 25.8 Å². The maximum Gasteiger partial charge on any atom is 0.275 e. The molecule has 104 valence electrons. The number of hydrogen-bond acceptors (Lipinski definition) is 4. The fraction of sp³-hybridized carbons (Fsp3) is 0.538. The highest BCUT2D eigenvalue weighted by Gasteiger charge is 2.21. The van der Waals surface area contributed by atoms with Gasteiger partial charge in [-0.25, -0.2) is 0 Å². The van der Waals surface area contributed by atoms with E-state index in [0.29, 0.717) is 30.3 Å². The molecule has 0 aromatic heterocycles. The highest BCUT2D eigenvalue weighted by atomic mass is 35.5. The first kappa shape index (κ1) is 14.2. The van der Waals surface area contributed by atoms with Crippen molar-refractivity contribution in [2.45, 2.75) is 19.4 Å². The van der Waals surface area contributed by atoms with E-state index in [1.54, 1.807) is 12.1 Å². The average molecular weight is 285 g/mol. The van der Waals surface area contributed by atoms with Crippen LogP contribution >= 0.6 is 11.6 Å². The van der Waals surface area contributed by atoms with Gasteiger partial charge in [-0.1, -0.05) is 17.7 Å². The van der Waals surface area contributed by atoms with Gasteiger partial charge in [0.05, 0.1) is 22.1 Å². The van der Waals surface area contributed by atoms with Crippen molar-refractivity contribution in [2.75, 3.05) is 19.8 Å². The second kappa shape index (κ2) is 6.84. The summed E-state index contributed by atoms with van der Waals surface area (Å²) >= 11 is 5.99. The van der Waals surface area contributed by atoms with E-state index in [1.807, 2.05) is 0 Å². The largest absolute Gasteiger partial charge is 0.380 e. The van der Waals surface area contributed by atoms with Crippen LogP contribution in [0, 0.1) is 16.0 Å². The third kappa shape index (κ3) is 4.45. The highest BCUT2D eigenvalue weighted by molar-refractivity contribution is 6.31. The van der Waals surface area contributed by atoms with Gasteiger partial charge in [0.15, 0.2) is 0 Å². The minimum absolute atomic E-state index is 0.0545. The number of nitro benzene ring substituents is 1. The number of benzene rings is 1. The standard InChI is InChI=1S/C13H17ClN2O3/c14-12-2-1-3-13(16(17)18)11(12)8-15-6-7-19-9-10-4-5-10/h1-3,10,15H,4-9H2. The van der Waals surface area contributed by atoms with Crippen LogP contribution in [0.2, 0.25) is 5.02 Å². The molecule has 1 aromatic rings. The molecule has 0 unspecified atom stereocenters. The lowest BCUT2D eigenvalue weighted by atomic mass is 10.2. The Bertz CT molecular complexity index is 450. The Labute approximate surface area is 117 Å². The molecule has 1 aliphatic carbocycles. The third-order valence-corrected chi connectivity index (χ3v) is 3.42. The molecule has 1 saturated carbocycles. The Morgan fingerprint density at radius 3 is 2.95 bits per heavy atom. The number of nitrogens with one attached hydrogen (secondary N) is 1. The van der Waals surface area contributed by atoms with Gasteiger partial charge in [-0.15, -0.1) is 0 Å². The van der Waals surface area contributed by atoms with Crippen LogP contribution in [0.3, 0.4) is 0 Å². The number of nitro groups is 1. The molecule has 0 bridgehead atoms. The third-order valence-electron chi connectivity index (χ3n) is 3.07. The molecular weight excluding hydrogens is 268 g/mol. The number of ether oxygens (including phenoxy) is 1. The van der Waals surface area contributed by atoms with Crippen molar-refractivity contribution in [1.29, 1.82) is 0 Å². The van der Waals surface area contributed by atoms with Gasteiger partial charge >= 0.3 is 0 Å². The van der Waals surface area contributed by atoms with Crippen LogP contribution in [0.1, 0.15) is 18.4 Å². The summed E-state index contributed by atoms with van der Waals surface area (Å²) in [4.78, 5) is 10.5.